The third-order valence-corrected chi connectivity index (χ3v) is 4.01. The number of rotatable bonds is 4. The number of fused-ring (bicyclic) bond motifs is 1. The summed E-state index contributed by atoms with van der Waals surface area (Å²) in [4.78, 5) is 14.9. The molecule has 1 aliphatic rings. The first kappa shape index (κ1) is 15.6. The van der Waals surface area contributed by atoms with Gasteiger partial charge in [-0.2, -0.15) is 5.10 Å². The predicted molar refractivity (Wildman–Crippen MR) is 87.0 cm³/mol. The van der Waals surface area contributed by atoms with E-state index in [4.69, 9.17) is 4.74 Å². The lowest BCUT2D eigenvalue weighted by molar-refractivity contribution is -0.134. The van der Waals surface area contributed by atoms with Crippen LogP contribution >= 0.6 is 0 Å². The SMILES string of the molecule is CCN(Cc1cnn(C)c1)C(=O)C1NCCOc2ccccc21. The van der Waals surface area contributed by atoms with Crippen LogP contribution in [0, 0.1) is 0 Å². The molecule has 6 heteroatoms. The fraction of sp³-hybridized carbons (Fsp3) is 0.412. The van der Waals surface area contributed by atoms with Crippen LogP contribution in [0.15, 0.2) is 36.7 Å². The molecule has 0 spiro atoms. The van der Waals surface area contributed by atoms with Gasteiger partial charge in [-0.15, -0.1) is 0 Å². The number of carbonyl (C=O) groups is 1. The van der Waals surface area contributed by atoms with Gasteiger partial charge in [-0.25, -0.2) is 0 Å². The molecule has 0 saturated heterocycles. The molecule has 1 amide bonds. The lowest BCUT2D eigenvalue weighted by atomic mass is 10.0. The number of likely N-dealkylation sites (N-methyl/N-ethyl adjacent to an activating group) is 1. The second kappa shape index (κ2) is 6.83. The van der Waals surface area contributed by atoms with Crippen LogP contribution in [0.2, 0.25) is 0 Å². The maximum Gasteiger partial charge on any atom is 0.244 e. The van der Waals surface area contributed by atoms with Gasteiger partial charge in [-0.05, 0) is 13.0 Å². The zero-order chi connectivity index (χ0) is 16.2. The summed E-state index contributed by atoms with van der Waals surface area (Å²) in [6.45, 7) is 4.41. The Labute approximate surface area is 136 Å². The highest BCUT2D eigenvalue weighted by Gasteiger charge is 2.29. The Morgan fingerprint density at radius 1 is 1.48 bits per heavy atom. The summed E-state index contributed by atoms with van der Waals surface area (Å²) in [5, 5.41) is 7.48. The van der Waals surface area contributed by atoms with Gasteiger partial charge >= 0.3 is 0 Å². The van der Waals surface area contributed by atoms with Crippen molar-refractivity contribution in [1.29, 1.82) is 0 Å². The van der Waals surface area contributed by atoms with Crippen molar-refractivity contribution >= 4 is 5.91 Å². The number of aromatic nitrogens is 2. The molecule has 1 atom stereocenters. The summed E-state index contributed by atoms with van der Waals surface area (Å²) in [5.74, 6) is 0.850. The highest BCUT2D eigenvalue weighted by molar-refractivity contribution is 5.84. The first-order chi connectivity index (χ1) is 11.2. The largest absolute Gasteiger partial charge is 0.492 e. The normalized spacial score (nSPS) is 17.0. The average molecular weight is 314 g/mol. The van der Waals surface area contributed by atoms with E-state index in [-0.39, 0.29) is 11.9 Å². The molecule has 0 bridgehead atoms. The van der Waals surface area contributed by atoms with Crippen molar-refractivity contribution in [2.45, 2.75) is 19.5 Å². The van der Waals surface area contributed by atoms with E-state index in [1.807, 2.05) is 49.3 Å². The molecular weight excluding hydrogens is 292 g/mol. The third-order valence-electron chi connectivity index (χ3n) is 4.01. The standard InChI is InChI=1S/C17H22N4O2/c1-3-21(12-13-10-19-20(2)11-13)17(22)16-14-6-4-5-7-15(14)23-9-8-18-16/h4-7,10-11,16,18H,3,8-9,12H2,1-2H3. The molecule has 1 N–H and O–H groups in total. The average Bonchev–Trinajstić information content (AvgIpc) is 2.85. The van der Waals surface area contributed by atoms with Gasteiger partial charge in [0, 0.05) is 44.0 Å². The Balaban J connectivity index is 1.82. The quantitative estimate of drug-likeness (QED) is 0.929. The van der Waals surface area contributed by atoms with Crippen LogP contribution < -0.4 is 10.1 Å². The highest BCUT2D eigenvalue weighted by atomic mass is 16.5. The van der Waals surface area contributed by atoms with E-state index in [1.54, 1.807) is 10.9 Å². The maximum atomic E-state index is 13.0. The zero-order valence-corrected chi connectivity index (χ0v) is 13.5. The fourth-order valence-corrected chi connectivity index (χ4v) is 2.85. The number of nitrogens with zero attached hydrogens (tertiary/aromatic N) is 3. The van der Waals surface area contributed by atoms with E-state index >= 15 is 0 Å². The molecule has 3 rings (SSSR count). The van der Waals surface area contributed by atoms with Crippen molar-refractivity contribution in [2.24, 2.45) is 7.05 Å². The molecule has 2 heterocycles. The second-order valence-electron chi connectivity index (χ2n) is 5.65. The van der Waals surface area contributed by atoms with Crippen molar-refractivity contribution in [3.63, 3.8) is 0 Å². The molecule has 0 fully saturated rings. The molecule has 23 heavy (non-hydrogen) atoms. The molecule has 6 nitrogen and oxygen atoms in total. The lowest BCUT2D eigenvalue weighted by Gasteiger charge is -2.26. The zero-order valence-electron chi connectivity index (χ0n) is 13.5. The van der Waals surface area contributed by atoms with Crippen molar-refractivity contribution in [3.05, 3.63) is 47.8 Å². The number of para-hydroxylation sites is 1. The minimum Gasteiger partial charge on any atom is -0.492 e. The van der Waals surface area contributed by atoms with Crippen LogP contribution in [-0.4, -0.2) is 40.3 Å². The predicted octanol–water partition coefficient (Wildman–Crippen LogP) is 1.49. The third kappa shape index (κ3) is 3.37. The Morgan fingerprint density at radius 2 is 2.30 bits per heavy atom. The molecule has 1 unspecified atom stereocenters. The summed E-state index contributed by atoms with van der Waals surface area (Å²) in [6, 6.07) is 7.37. The van der Waals surface area contributed by atoms with E-state index in [1.165, 1.54) is 0 Å². The topological polar surface area (TPSA) is 59.4 Å². The number of ether oxygens (including phenoxy) is 1. The van der Waals surface area contributed by atoms with Crippen LogP contribution in [0.5, 0.6) is 5.75 Å². The number of hydrogen-bond acceptors (Lipinski definition) is 4. The Kier molecular flexibility index (Phi) is 4.62. The molecule has 122 valence electrons. The first-order valence-corrected chi connectivity index (χ1v) is 7.90. The van der Waals surface area contributed by atoms with Crippen molar-refractivity contribution < 1.29 is 9.53 Å². The number of amides is 1. The molecule has 1 aromatic heterocycles. The van der Waals surface area contributed by atoms with E-state index in [0.717, 1.165) is 16.9 Å². The van der Waals surface area contributed by atoms with E-state index < -0.39 is 0 Å². The molecule has 2 aromatic rings. The van der Waals surface area contributed by atoms with E-state index in [9.17, 15) is 4.79 Å². The number of aryl methyl sites for hydroxylation is 1. The van der Waals surface area contributed by atoms with Crippen molar-refractivity contribution in [1.82, 2.24) is 20.0 Å². The number of hydrogen-bond donors (Lipinski definition) is 1. The fourth-order valence-electron chi connectivity index (χ4n) is 2.85. The minimum absolute atomic E-state index is 0.0642. The molecular formula is C17H22N4O2. The summed E-state index contributed by atoms with van der Waals surface area (Å²) < 4.78 is 7.47. The number of nitrogens with one attached hydrogen (secondary N) is 1. The van der Waals surface area contributed by atoms with Crippen LogP contribution in [0.1, 0.15) is 24.1 Å². The molecule has 1 aromatic carbocycles. The molecule has 0 saturated carbocycles. The Morgan fingerprint density at radius 3 is 3.04 bits per heavy atom. The molecule has 1 aliphatic heterocycles. The van der Waals surface area contributed by atoms with Gasteiger partial charge in [0.2, 0.25) is 5.91 Å². The first-order valence-electron chi connectivity index (χ1n) is 7.90. The van der Waals surface area contributed by atoms with Gasteiger partial charge in [-0.1, -0.05) is 18.2 Å². The number of benzene rings is 1. The molecule has 0 radical (unpaired) electrons. The highest BCUT2D eigenvalue weighted by Crippen LogP contribution is 2.28. The summed E-state index contributed by atoms with van der Waals surface area (Å²) in [7, 11) is 1.88. The van der Waals surface area contributed by atoms with Gasteiger partial charge in [0.1, 0.15) is 18.4 Å². The van der Waals surface area contributed by atoms with Gasteiger partial charge in [0.15, 0.2) is 0 Å². The number of carbonyl (C=O) groups excluding carboxylic acids is 1. The maximum absolute atomic E-state index is 13.0. The van der Waals surface area contributed by atoms with Crippen LogP contribution in [0.25, 0.3) is 0 Å². The van der Waals surface area contributed by atoms with Crippen LogP contribution in [-0.2, 0) is 18.4 Å². The lowest BCUT2D eigenvalue weighted by Crippen LogP contribution is -2.40. The second-order valence-corrected chi connectivity index (χ2v) is 5.65. The Bertz CT molecular complexity index is 683. The van der Waals surface area contributed by atoms with Gasteiger partial charge in [0.05, 0.1) is 6.20 Å². The summed E-state index contributed by atoms with van der Waals surface area (Å²) in [6.07, 6.45) is 3.74. The minimum atomic E-state index is -0.370. The van der Waals surface area contributed by atoms with Crippen LogP contribution in [0.4, 0.5) is 0 Å². The van der Waals surface area contributed by atoms with Gasteiger partial charge < -0.3 is 9.64 Å². The van der Waals surface area contributed by atoms with E-state index in [0.29, 0.717) is 26.2 Å². The summed E-state index contributed by atoms with van der Waals surface area (Å²) in [5.41, 5.74) is 1.93. The Hall–Kier alpha value is -2.34. The van der Waals surface area contributed by atoms with Gasteiger partial charge in [-0.3, -0.25) is 14.8 Å². The smallest absolute Gasteiger partial charge is 0.244 e. The molecule has 0 aliphatic carbocycles. The van der Waals surface area contributed by atoms with E-state index in [2.05, 4.69) is 10.4 Å². The monoisotopic (exact) mass is 314 g/mol. The van der Waals surface area contributed by atoms with Crippen molar-refractivity contribution in [3.8, 4) is 5.75 Å². The van der Waals surface area contributed by atoms with Gasteiger partial charge in [0.25, 0.3) is 0 Å². The van der Waals surface area contributed by atoms with Crippen LogP contribution in [0.3, 0.4) is 0 Å². The van der Waals surface area contributed by atoms with Crippen molar-refractivity contribution in [2.75, 3.05) is 19.7 Å². The summed E-state index contributed by atoms with van der Waals surface area (Å²) >= 11 is 0.